The number of nitrogens with zero attached hydrogens (tertiary/aromatic N) is 3. The van der Waals surface area contributed by atoms with E-state index in [1.165, 1.54) is 86.5 Å². The number of hydrogen-bond donors (Lipinski definition) is 1. The number of hydrogen-bond acceptors (Lipinski definition) is 7. The third-order valence-corrected chi connectivity index (χ3v) is 8.81. The van der Waals surface area contributed by atoms with Gasteiger partial charge in [0.05, 0.1) is 22.6 Å². The zero-order valence-corrected chi connectivity index (χ0v) is 25.4. The maximum absolute atomic E-state index is 14.0. The summed E-state index contributed by atoms with van der Waals surface area (Å²) in [5, 5.41) is 14.4. The van der Waals surface area contributed by atoms with E-state index < -0.39 is 50.9 Å². The van der Waals surface area contributed by atoms with Crippen LogP contribution in [0.15, 0.2) is 71.6 Å². The molecule has 0 aliphatic heterocycles. The van der Waals surface area contributed by atoms with E-state index in [0.29, 0.717) is 17.7 Å². The van der Waals surface area contributed by atoms with Crippen molar-refractivity contribution < 1.29 is 32.1 Å². The third kappa shape index (κ3) is 8.07. The lowest BCUT2D eigenvalue weighted by atomic mass is 10.1. The molecule has 2 amide bonds. The van der Waals surface area contributed by atoms with Crippen molar-refractivity contribution in [3.05, 3.63) is 93.8 Å². The molecule has 0 saturated heterocycles. The van der Waals surface area contributed by atoms with E-state index >= 15 is 0 Å². The molecule has 0 unspecified atom stereocenters. The lowest BCUT2D eigenvalue weighted by Crippen LogP contribution is -2.52. The third-order valence-electron chi connectivity index (χ3n) is 7.04. The number of sulfonamides is 1. The first kappa shape index (κ1) is 33.0. The first-order valence-corrected chi connectivity index (χ1v) is 15.0. The average molecular weight is 615 g/mol. The molecule has 11 nitrogen and oxygen atoms in total. The molecule has 43 heavy (non-hydrogen) atoms. The van der Waals surface area contributed by atoms with Crippen molar-refractivity contribution in [2.45, 2.75) is 57.6 Å². The number of benzene rings is 3. The Morgan fingerprint density at radius 3 is 2.23 bits per heavy atom. The maximum Gasteiger partial charge on any atom is 0.273 e. The summed E-state index contributed by atoms with van der Waals surface area (Å²) in [6, 6.07) is 13.6. The Bertz CT molecular complexity index is 1560. The lowest BCUT2D eigenvalue weighted by Gasteiger charge is -2.32. The molecule has 1 N–H and O–H groups in total. The van der Waals surface area contributed by atoms with Crippen LogP contribution < -0.4 is 14.4 Å². The van der Waals surface area contributed by atoms with Gasteiger partial charge in [-0.3, -0.25) is 24.0 Å². The first-order valence-electron chi connectivity index (χ1n) is 13.5. The Balaban J connectivity index is 2.08. The van der Waals surface area contributed by atoms with Crippen molar-refractivity contribution in [2.24, 2.45) is 0 Å². The Labute approximate surface area is 250 Å². The van der Waals surface area contributed by atoms with Gasteiger partial charge in [0.25, 0.3) is 15.7 Å². The minimum atomic E-state index is -4.53. The van der Waals surface area contributed by atoms with E-state index in [2.05, 4.69) is 5.32 Å². The Morgan fingerprint density at radius 2 is 1.67 bits per heavy atom. The monoisotopic (exact) mass is 614 g/mol. The van der Waals surface area contributed by atoms with Gasteiger partial charge in [-0.1, -0.05) is 25.1 Å². The average Bonchev–Trinajstić information content (AvgIpc) is 2.98. The van der Waals surface area contributed by atoms with Crippen molar-refractivity contribution in [3.8, 4) is 5.75 Å². The molecule has 0 aliphatic carbocycles. The smallest absolute Gasteiger partial charge is 0.273 e. The Kier molecular flexibility index (Phi) is 10.8. The number of halogens is 1. The number of anilines is 1. The SMILES string of the molecule is CC[C@@H](C)NC(=O)[C@@H](C)N(Cc1ccc(F)cc1)C(=O)CN(c1ccc(OC)cc1)S(=O)(=O)c1ccc(C)c([N+](=O)[O-])c1. The van der Waals surface area contributed by atoms with Crippen molar-refractivity contribution >= 4 is 33.2 Å². The van der Waals surface area contributed by atoms with Gasteiger partial charge in [0, 0.05) is 24.2 Å². The van der Waals surface area contributed by atoms with Crippen LogP contribution in [0.25, 0.3) is 0 Å². The molecule has 3 aromatic carbocycles. The van der Waals surface area contributed by atoms with E-state index in [4.69, 9.17) is 4.74 Å². The van der Waals surface area contributed by atoms with Crippen molar-refractivity contribution in [2.75, 3.05) is 18.0 Å². The maximum atomic E-state index is 14.0. The molecule has 0 aliphatic rings. The molecule has 0 saturated carbocycles. The fourth-order valence-electron chi connectivity index (χ4n) is 4.19. The minimum Gasteiger partial charge on any atom is -0.497 e. The Hall–Kier alpha value is -4.52. The summed E-state index contributed by atoms with van der Waals surface area (Å²) < 4.78 is 47.6. The van der Waals surface area contributed by atoms with Crippen LogP contribution in [0, 0.1) is 22.9 Å². The molecule has 0 radical (unpaired) electrons. The van der Waals surface area contributed by atoms with Crippen LogP contribution in [0.2, 0.25) is 0 Å². The molecule has 3 rings (SSSR count). The van der Waals surface area contributed by atoms with Crippen molar-refractivity contribution in [3.63, 3.8) is 0 Å². The number of nitrogens with one attached hydrogen (secondary N) is 1. The molecule has 13 heteroatoms. The van der Waals surface area contributed by atoms with Gasteiger partial charge < -0.3 is 15.0 Å². The van der Waals surface area contributed by atoms with Gasteiger partial charge in [0.15, 0.2) is 0 Å². The first-order chi connectivity index (χ1) is 20.3. The zero-order valence-electron chi connectivity index (χ0n) is 24.6. The number of carbonyl (C=O) groups excluding carboxylic acids is 2. The van der Waals surface area contributed by atoms with Gasteiger partial charge in [-0.2, -0.15) is 0 Å². The highest BCUT2D eigenvalue weighted by molar-refractivity contribution is 7.92. The second kappa shape index (κ2) is 14.1. The van der Waals surface area contributed by atoms with Crippen LogP contribution in [-0.2, 0) is 26.2 Å². The van der Waals surface area contributed by atoms with E-state index in [0.717, 1.165) is 10.4 Å². The standard InChI is InChI=1S/C30H35FN4O7S/c1-6-21(3)32-30(37)22(4)33(18-23-8-10-24(31)11-9-23)29(36)19-34(25-12-14-26(42-5)15-13-25)43(40,41)27-16-7-20(2)28(17-27)35(38)39/h7-17,21-22H,6,18-19H2,1-5H3,(H,32,37)/t21-,22-/m1/s1. The second-order valence-corrected chi connectivity index (χ2v) is 11.9. The predicted octanol–water partition coefficient (Wildman–Crippen LogP) is 4.58. The van der Waals surface area contributed by atoms with Crippen LogP contribution in [-0.4, -0.2) is 55.8 Å². The highest BCUT2D eigenvalue weighted by Crippen LogP contribution is 2.29. The fourth-order valence-corrected chi connectivity index (χ4v) is 5.62. The normalized spacial score (nSPS) is 12.6. The Morgan fingerprint density at radius 1 is 1.05 bits per heavy atom. The second-order valence-electron chi connectivity index (χ2n) is 10.1. The van der Waals surface area contributed by atoms with E-state index in [1.807, 2.05) is 13.8 Å². The van der Waals surface area contributed by atoms with Gasteiger partial charge in [-0.15, -0.1) is 0 Å². The number of nitro benzene ring substituents is 1. The minimum absolute atomic E-state index is 0.0934. The number of nitro groups is 1. The largest absolute Gasteiger partial charge is 0.497 e. The van der Waals surface area contributed by atoms with Gasteiger partial charge >= 0.3 is 0 Å². The molecule has 0 fully saturated rings. The summed E-state index contributed by atoms with van der Waals surface area (Å²) in [4.78, 5) is 38.8. The number of aryl methyl sites for hydroxylation is 1. The number of amides is 2. The highest BCUT2D eigenvalue weighted by atomic mass is 32.2. The molecule has 0 aromatic heterocycles. The summed E-state index contributed by atoms with van der Waals surface area (Å²) in [6.45, 7) is 5.87. The van der Waals surface area contributed by atoms with Gasteiger partial charge in [-0.05, 0) is 75.2 Å². The summed E-state index contributed by atoms with van der Waals surface area (Å²) >= 11 is 0. The molecular formula is C30H35FN4O7S. The summed E-state index contributed by atoms with van der Waals surface area (Å²) in [5.41, 5.74) is 0.486. The highest BCUT2D eigenvalue weighted by Gasteiger charge is 2.33. The molecule has 0 spiro atoms. The summed E-state index contributed by atoms with van der Waals surface area (Å²) in [5.74, 6) is -1.21. The zero-order chi connectivity index (χ0) is 31.9. The number of carbonyl (C=O) groups is 2. The van der Waals surface area contributed by atoms with Gasteiger partial charge in [0.2, 0.25) is 11.8 Å². The van der Waals surface area contributed by atoms with E-state index in [1.54, 1.807) is 0 Å². The van der Waals surface area contributed by atoms with Gasteiger partial charge in [0.1, 0.15) is 24.2 Å². The summed E-state index contributed by atoms with van der Waals surface area (Å²) in [7, 11) is -3.09. The quantitative estimate of drug-likeness (QED) is 0.220. The molecule has 230 valence electrons. The van der Waals surface area contributed by atoms with E-state index in [9.17, 15) is 32.5 Å². The topological polar surface area (TPSA) is 139 Å². The molecule has 0 bridgehead atoms. The van der Waals surface area contributed by atoms with Crippen LogP contribution in [0.1, 0.15) is 38.3 Å². The lowest BCUT2D eigenvalue weighted by molar-refractivity contribution is -0.385. The molecular weight excluding hydrogens is 579 g/mol. The molecule has 0 heterocycles. The van der Waals surface area contributed by atoms with Crippen LogP contribution in [0.3, 0.4) is 0 Å². The van der Waals surface area contributed by atoms with E-state index in [-0.39, 0.29) is 28.7 Å². The summed E-state index contributed by atoms with van der Waals surface area (Å²) in [6.07, 6.45) is 0.649. The van der Waals surface area contributed by atoms with Gasteiger partial charge in [-0.25, -0.2) is 12.8 Å². The van der Waals surface area contributed by atoms with Crippen LogP contribution >= 0.6 is 0 Å². The fraction of sp³-hybridized carbons (Fsp3) is 0.333. The van der Waals surface area contributed by atoms with Crippen molar-refractivity contribution in [1.29, 1.82) is 0 Å². The van der Waals surface area contributed by atoms with Crippen molar-refractivity contribution in [1.82, 2.24) is 10.2 Å². The number of rotatable bonds is 13. The predicted molar refractivity (Wildman–Crippen MR) is 160 cm³/mol. The number of ether oxygens (including phenoxy) is 1. The molecule has 3 aromatic rings. The number of methoxy groups -OCH3 is 1. The van der Waals surface area contributed by atoms with Crippen LogP contribution in [0.4, 0.5) is 15.8 Å². The van der Waals surface area contributed by atoms with Crippen LogP contribution in [0.5, 0.6) is 5.75 Å². The molecule has 2 atom stereocenters.